The Kier molecular flexibility index (Phi) is 3.22. The molecule has 0 atom stereocenters. The average molecular weight is 222 g/mol. The maximum absolute atomic E-state index is 11.9. The number of aryl methyl sites for hydroxylation is 1. The Morgan fingerprint density at radius 2 is 1.82 bits per heavy atom. The third-order valence-corrected chi connectivity index (χ3v) is 2.62. The van der Waals surface area contributed by atoms with Crippen molar-refractivity contribution < 1.29 is 5.11 Å². The highest BCUT2D eigenvalue weighted by Gasteiger charge is 2.04. The summed E-state index contributed by atoms with van der Waals surface area (Å²) >= 11 is 0. The van der Waals surface area contributed by atoms with Crippen molar-refractivity contribution >= 4 is 5.76 Å². The number of hydrogen-bond acceptors (Lipinski definition) is 1. The van der Waals surface area contributed by atoms with Gasteiger partial charge in [0.1, 0.15) is 5.57 Å². The molecule has 0 spiro atoms. The van der Waals surface area contributed by atoms with E-state index < -0.39 is 0 Å². The molecule has 0 amide bonds. The second-order valence-corrected chi connectivity index (χ2v) is 4.19. The van der Waals surface area contributed by atoms with Crippen molar-refractivity contribution in [1.82, 2.24) is 0 Å². The quantitative estimate of drug-likeness (QED) is 0.407. The highest BCUT2D eigenvalue weighted by atomic mass is 16.3. The lowest BCUT2D eigenvalue weighted by Crippen LogP contribution is -2.01. The van der Waals surface area contributed by atoms with Gasteiger partial charge in [0.15, 0.2) is 0 Å². The average Bonchev–Trinajstić information content (AvgIpc) is 2.33. The molecule has 1 nitrogen and oxygen atoms in total. The minimum Gasteiger partial charge on any atom is -0.858 e. The minimum absolute atomic E-state index is 0.0751. The lowest BCUT2D eigenvalue weighted by atomic mass is 10.0. The van der Waals surface area contributed by atoms with Crippen LogP contribution in [-0.4, -0.2) is 0 Å². The van der Waals surface area contributed by atoms with Gasteiger partial charge in [0.25, 0.3) is 0 Å². The lowest BCUT2D eigenvalue weighted by molar-refractivity contribution is -0.243. The molecule has 0 radical (unpaired) electrons. The van der Waals surface area contributed by atoms with Gasteiger partial charge in [-0.3, -0.25) is 0 Å². The molecule has 17 heavy (non-hydrogen) atoms. The zero-order valence-electron chi connectivity index (χ0n) is 10.0. The molecule has 0 aromatic heterocycles. The van der Waals surface area contributed by atoms with Crippen molar-refractivity contribution in [2.45, 2.75) is 13.8 Å². The maximum Gasteiger partial charge on any atom is 0.147 e. The molecular weight excluding hydrogens is 208 g/mol. The maximum atomic E-state index is 11.9. The highest BCUT2D eigenvalue weighted by molar-refractivity contribution is 5.59. The Hall–Kier alpha value is -2.11. The Balaban J connectivity index is 2.31. The summed E-state index contributed by atoms with van der Waals surface area (Å²) in [6.07, 6.45) is 7.76. The van der Waals surface area contributed by atoms with Crippen LogP contribution in [-0.2, 0) is 0 Å². The first-order chi connectivity index (χ1) is 8.15. The number of allylic oxidation sites excluding steroid dienone is 5. The van der Waals surface area contributed by atoms with Crippen molar-refractivity contribution in [3.63, 3.8) is 0 Å². The fraction of sp³-hybridized carbons (Fsp3) is 0.125. The van der Waals surface area contributed by atoms with E-state index in [1.54, 1.807) is 0 Å². The summed E-state index contributed by atoms with van der Waals surface area (Å²) in [5.74, 6) is -0.0751. The van der Waals surface area contributed by atoms with Gasteiger partial charge in [0.05, 0.1) is 0 Å². The van der Waals surface area contributed by atoms with Gasteiger partial charge < -0.3 is 5.11 Å². The first-order valence-corrected chi connectivity index (χ1v) is 5.60. The zero-order valence-corrected chi connectivity index (χ0v) is 10.0. The van der Waals surface area contributed by atoms with Crippen LogP contribution in [0.3, 0.4) is 0 Å². The summed E-state index contributed by atoms with van der Waals surface area (Å²) in [5, 5.41) is 11.9. The molecule has 0 heterocycles. The van der Waals surface area contributed by atoms with E-state index in [0.29, 0.717) is 5.56 Å². The monoisotopic (exact) mass is 222 g/mol. The van der Waals surface area contributed by atoms with E-state index in [9.17, 15) is 5.11 Å². The van der Waals surface area contributed by atoms with Gasteiger partial charge in [-0.25, -0.2) is 0 Å². The molecule has 1 aromatic rings. The molecule has 0 saturated heterocycles. The molecule has 0 bridgehead atoms. The molecule has 1 heteroatoms. The molecule has 1 aromatic carbocycles. The molecule has 0 unspecified atom stereocenters. The Labute approximate surface area is 102 Å². The van der Waals surface area contributed by atoms with Crippen LogP contribution in [0.25, 0.3) is 5.76 Å². The van der Waals surface area contributed by atoms with Crippen LogP contribution in [0.2, 0.25) is 0 Å². The zero-order chi connectivity index (χ0) is 12.3. The van der Waals surface area contributed by atoms with E-state index in [4.69, 9.17) is 0 Å². The molecule has 0 aliphatic heterocycles. The third kappa shape index (κ3) is 2.93. The predicted octanol–water partition coefficient (Wildman–Crippen LogP) is 2.94. The SMILES string of the molecule is CC1=C[CH+]C(=C=C([O-])c2ccc(C)cc2)C=C1. The predicted molar refractivity (Wildman–Crippen MR) is 68.8 cm³/mol. The summed E-state index contributed by atoms with van der Waals surface area (Å²) in [6, 6.07) is 7.53. The summed E-state index contributed by atoms with van der Waals surface area (Å²) in [5.41, 5.74) is 6.69. The van der Waals surface area contributed by atoms with E-state index in [2.05, 4.69) is 5.73 Å². The van der Waals surface area contributed by atoms with E-state index in [1.807, 2.05) is 62.8 Å². The van der Waals surface area contributed by atoms with Crippen LogP contribution in [0.15, 0.2) is 59.4 Å². The second kappa shape index (κ2) is 4.82. The van der Waals surface area contributed by atoms with Crippen LogP contribution < -0.4 is 5.11 Å². The summed E-state index contributed by atoms with van der Waals surface area (Å²) in [6.45, 7) is 4.02. The van der Waals surface area contributed by atoms with Crippen LogP contribution in [0.1, 0.15) is 18.1 Å². The summed E-state index contributed by atoms with van der Waals surface area (Å²) in [4.78, 5) is 0. The second-order valence-electron chi connectivity index (χ2n) is 4.19. The van der Waals surface area contributed by atoms with E-state index >= 15 is 0 Å². The number of benzene rings is 1. The lowest BCUT2D eigenvalue weighted by Gasteiger charge is -2.06. The molecule has 0 fully saturated rings. The third-order valence-electron chi connectivity index (χ3n) is 2.62. The van der Waals surface area contributed by atoms with Crippen LogP contribution >= 0.6 is 0 Å². The van der Waals surface area contributed by atoms with Gasteiger partial charge in [0.2, 0.25) is 0 Å². The first kappa shape index (κ1) is 11.4. The normalized spacial score (nSPS) is 13.8. The van der Waals surface area contributed by atoms with Crippen molar-refractivity contribution in [2.24, 2.45) is 0 Å². The highest BCUT2D eigenvalue weighted by Crippen LogP contribution is 2.15. The van der Waals surface area contributed by atoms with Crippen LogP contribution in [0.4, 0.5) is 0 Å². The van der Waals surface area contributed by atoms with Gasteiger partial charge >= 0.3 is 0 Å². The van der Waals surface area contributed by atoms with Crippen molar-refractivity contribution in [3.05, 3.63) is 76.9 Å². The molecule has 1 aliphatic rings. The molecular formula is C16H14O. The number of hydrogen-bond donors (Lipinski definition) is 0. The molecule has 84 valence electrons. The molecule has 0 N–H and O–H groups in total. The molecule has 2 rings (SSSR count). The van der Waals surface area contributed by atoms with Crippen LogP contribution in [0.5, 0.6) is 0 Å². The van der Waals surface area contributed by atoms with Gasteiger partial charge in [-0.05, 0) is 19.4 Å². The van der Waals surface area contributed by atoms with Crippen molar-refractivity contribution in [2.75, 3.05) is 0 Å². The fourth-order valence-electron chi connectivity index (χ4n) is 1.55. The first-order valence-electron chi connectivity index (χ1n) is 5.60. The minimum atomic E-state index is -0.0751. The topological polar surface area (TPSA) is 23.1 Å². The fourth-order valence-corrected chi connectivity index (χ4v) is 1.55. The van der Waals surface area contributed by atoms with Gasteiger partial charge in [0, 0.05) is 41.7 Å². The Bertz CT molecular complexity index is 535. The van der Waals surface area contributed by atoms with Crippen molar-refractivity contribution in [3.8, 4) is 0 Å². The number of rotatable bonds is 1. The Morgan fingerprint density at radius 1 is 1.12 bits per heavy atom. The summed E-state index contributed by atoms with van der Waals surface area (Å²) < 4.78 is 0. The largest absolute Gasteiger partial charge is 0.858 e. The molecule has 1 aliphatic carbocycles. The summed E-state index contributed by atoms with van der Waals surface area (Å²) in [7, 11) is 0. The Morgan fingerprint density at radius 3 is 2.41 bits per heavy atom. The van der Waals surface area contributed by atoms with Gasteiger partial charge in [-0.1, -0.05) is 29.8 Å². The van der Waals surface area contributed by atoms with E-state index in [-0.39, 0.29) is 5.76 Å². The van der Waals surface area contributed by atoms with Crippen molar-refractivity contribution in [1.29, 1.82) is 0 Å². The van der Waals surface area contributed by atoms with E-state index in [1.165, 1.54) is 5.57 Å². The smallest absolute Gasteiger partial charge is 0.147 e. The van der Waals surface area contributed by atoms with E-state index in [0.717, 1.165) is 11.1 Å². The standard InChI is InChI=1S/C16H14O/c1-12-3-7-14(8-4-12)11-16(17)15-9-5-13(2)6-10-15/h3-10H,1-2H3. The van der Waals surface area contributed by atoms with Gasteiger partial charge in [-0.2, -0.15) is 0 Å². The van der Waals surface area contributed by atoms with Gasteiger partial charge in [-0.15, -0.1) is 0 Å². The van der Waals surface area contributed by atoms with Crippen LogP contribution in [0, 0.1) is 13.3 Å². The molecule has 0 saturated carbocycles.